The van der Waals surface area contributed by atoms with Gasteiger partial charge in [-0.15, -0.1) is 0 Å². The molecule has 6 unspecified atom stereocenters. The number of ether oxygens (including phenoxy) is 2. The number of esters is 1. The van der Waals surface area contributed by atoms with Crippen LogP contribution < -0.4 is 0 Å². The lowest BCUT2D eigenvalue weighted by Gasteiger charge is -2.41. The van der Waals surface area contributed by atoms with Crippen LogP contribution in [-0.4, -0.2) is 98.9 Å². The van der Waals surface area contributed by atoms with Crippen molar-refractivity contribution in [2.75, 3.05) is 19.8 Å². The first kappa shape index (κ1) is 63.0. The predicted octanol–water partition coefficient (Wildman–Crippen LogP) is 11.6. The number of carbonyl (C=O) groups excluding carboxylic acids is 1. The highest BCUT2D eigenvalue weighted by molar-refractivity contribution is 7.47. The van der Waals surface area contributed by atoms with Crippen LogP contribution in [0.1, 0.15) is 168 Å². The fourth-order valence-corrected chi connectivity index (χ4v) is 8.11. The highest BCUT2D eigenvalue weighted by Gasteiger charge is 2.51. The van der Waals surface area contributed by atoms with Crippen molar-refractivity contribution in [3.05, 3.63) is 109 Å². The third-order valence-electron chi connectivity index (χ3n) is 11.1. The molecule has 0 aromatic heterocycles. The first-order chi connectivity index (χ1) is 33.0. The number of hydrogen-bond acceptors (Lipinski definition) is 11. The van der Waals surface area contributed by atoms with Crippen molar-refractivity contribution in [2.45, 2.75) is 211 Å². The normalized spacial score (nSPS) is 22.1. The molecule has 1 saturated carbocycles. The quantitative estimate of drug-likeness (QED) is 0.0147. The molecule has 0 radical (unpaired) electrons. The highest BCUT2D eigenvalue weighted by Crippen LogP contribution is 2.47. The second-order valence-electron chi connectivity index (χ2n) is 17.3. The Morgan fingerprint density at radius 3 is 1.25 bits per heavy atom. The Bertz CT molecular complexity index is 1530. The Morgan fingerprint density at radius 2 is 0.824 bits per heavy atom. The molecule has 6 N–H and O–H groups in total. The number of rotatable bonds is 42. The molecule has 0 spiro atoms. The summed E-state index contributed by atoms with van der Waals surface area (Å²) >= 11 is 0. The van der Waals surface area contributed by atoms with Gasteiger partial charge in [0.1, 0.15) is 42.7 Å². The molecule has 0 aromatic carbocycles. The van der Waals surface area contributed by atoms with Crippen molar-refractivity contribution in [3.8, 4) is 0 Å². The molecule has 0 amide bonds. The van der Waals surface area contributed by atoms with E-state index in [-0.39, 0.29) is 13.0 Å². The van der Waals surface area contributed by atoms with Crippen molar-refractivity contribution < 1.29 is 58.3 Å². The molecule has 68 heavy (non-hydrogen) atoms. The Hall–Kier alpha value is -3.00. The van der Waals surface area contributed by atoms with Gasteiger partial charge >= 0.3 is 13.8 Å². The van der Waals surface area contributed by atoms with Crippen molar-refractivity contribution in [2.24, 2.45) is 0 Å². The number of hydrogen-bond donors (Lipinski definition) is 6. The van der Waals surface area contributed by atoms with Crippen LogP contribution in [0.3, 0.4) is 0 Å². The second-order valence-corrected chi connectivity index (χ2v) is 18.7. The second kappa shape index (κ2) is 44.0. The van der Waals surface area contributed by atoms with Crippen LogP contribution in [0, 0.1) is 0 Å². The van der Waals surface area contributed by atoms with Crippen molar-refractivity contribution in [1.29, 1.82) is 0 Å². The molecule has 0 saturated heterocycles. The number of aliphatic hydroxyl groups is 5. The maximum absolute atomic E-state index is 12.9. The van der Waals surface area contributed by atoms with Crippen molar-refractivity contribution >= 4 is 13.8 Å². The van der Waals surface area contributed by atoms with E-state index in [1.807, 2.05) is 0 Å². The predicted molar refractivity (Wildman–Crippen MR) is 276 cm³/mol. The van der Waals surface area contributed by atoms with E-state index in [0.29, 0.717) is 13.0 Å². The number of aliphatic hydroxyl groups excluding tert-OH is 5. The number of allylic oxidation sites excluding steroid dienone is 18. The Kier molecular flexibility index (Phi) is 40.8. The van der Waals surface area contributed by atoms with Gasteiger partial charge in [0, 0.05) is 13.0 Å². The van der Waals surface area contributed by atoms with E-state index in [9.17, 15) is 39.8 Å². The third kappa shape index (κ3) is 35.2. The number of phosphoric ester groups is 1. The van der Waals surface area contributed by atoms with Gasteiger partial charge in [-0.3, -0.25) is 13.8 Å². The minimum Gasteiger partial charge on any atom is -0.457 e. The summed E-state index contributed by atoms with van der Waals surface area (Å²) < 4.78 is 34.3. The van der Waals surface area contributed by atoms with E-state index in [0.717, 1.165) is 109 Å². The van der Waals surface area contributed by atoms with Crippen LogP contribution >= 0.6 is 7.82 Å². The molecule has 0 aliphatic heterocycles. The largest absolute Gasteiger partial charge is 0.472 e. The zero-order valence-electron chi connectivity index (χ0n) is 41.6. The maximum atomic E-state index is 12.9. The fraction of sp³-hybridized carbons (Fsp3) is 0.655. The fourth-order valence-electron chi connectivity index (χ4n) is 7.14. The van der Waals surface area contributed by atoms with E-state index < -0.39 is 63.1 Å². The van der Waals surface area contributed by atoms with Crippen LogP contribution in [-0.2, 0) is 27.9 Å². The Balaban J connectivity index is 2.38. The van der Waals surface area contributed by atoms with Gasteiger partial charge in [-0.1, -0.05) is 175 Å². The molecule has 388 valence electrons. The van der Waals surface area contributed by atoms with E-state index in [1.165, 1.54) is 32.1 Å². The van der Waals surface area contributed by atoms with Gasteiger partial charge in [0.15, 0.2) is 0 Å². The summed E-state index contributed by atoms with van der Waals surface area (Å²) in [6.45, 7) is 3.97. The smallest absolute Gasteiger partial charge is 0.457 e. The van der Waals surface area contributed by atoms with Gasteiger partial charge in [-0.05, 0) is 96.3 Å². The topological polar surface area (TPSA) is 192 Å². The first-order valence-electron chi connectivity index (χ1n) is 25.7. The van der Waals surface area contributed by atoms with E-state index in [1.54, 1.807) is 0 Å². The maximum Gasteiger partial charge on any atom is 0.472 e. The lowest BCUT2D eigenvalue weighted by molar-refractivity contribution is -0.220. The summed E-state index contributed by atoms with van der Waals surface area (Å²) in [5, 5.41) is 50.3. The molecule has 0 bridgehead atoms. The van der Waals surface area contributed by atoms with Crippen LogP contribution in [0.15, 0.2) is 109 Å². The summed E-state index contributed by atoms with van der Waals surface area (Å²) in [5.41, 5.74) is 0. The molecule has 1 rings (SSSR count). The minimum atomic E-state index is -5.04. The van der Waals surface area contributed by atoms with Gasteiger partial charge in [-0.2, -0.15) is 0 Å². The summed E-state index contributed by atoms with van der Waals surface area (Å²) in [6, 6.07) is 0. The standard InChI is InChI=1S/C55H91O12P/c1-3-5-7-9-11-13-15-17-19-21-23-24-25-27-29-31-33-35-37-39-41-43-45-64-46-48(47-65-68(62,63)67-55-53(60)51(58)50(57)52(59)54(55)61)66-49(56)44-42-40-38-36-34-32-30-28-26-22-20-18-16-14-12-10-8-6-4-2/h5-8,11-14,17-20,23-24,26,28,32,34,48,50-55,57-61H,3-4,9-10,15-16,21-22,25,27,29-31,33,35-47H2,1-2H3,(H,62,63)/b7-5-,8-6-,13-11-,14-12-,19-17-,20-18-,24-23-,28-26-,34-32-. The van der Waals surface area contributed by atoms with Gasteiger partial charge in [0.05, 0.1) is 13.2 Å². The highest BCUT2D eigenvalue weighted by atomic mass is 31.2. The lowest BCUT2D eigenvalue weighted by atomic mass is 9.85. The van der Waals surface area contributed by atoms with Crippen molar-refractivity contribution in [1.82, 2.24) is 0 Å². The first-order valence-corrected chi connectivity index (χ1v) is 27.2. The molecule has 0 heterocycles. The zero-order valence-corrected chi connectivity index (χ0v) is 42.5. The van der Waals surface area contributed by atoms with Gasteiger partial charge < -0.3 is 39.9 Å². The zero-order chi connectivity index (χ0) is 49.8. The number of unbranched alkanes of at least 4 members (excludes halogenated alkanes) is 12. The SMILES string of the molecule is CC/C=C\C/C=C\C/C=C\C/C=C\C/C=C\CCCCCC(=O)OC(COCCCCCCCCCCC/C=C\C/C=C\C/C=C\C/C=C\CC)COP(=O)(O)OC1C(O)C(O)C(O)C(O)C1O. The molecule has 1 fully saturated rings. The Morgan fingerprint density at radius 1 is 0.471 bits per heavy atom. The monoisotopic (exact) mass is 975 g/mol. The third-order valence-corrected chi connectivity index (χ3v) is 12.1. The van der Waals surface area contributed by atoms with Crippen LogP contribution in [0.25, 0.3) is 0 Å². The van der Waals surface area contributed by atoms with Gasteiger partial charge in [-0.25, -0.2) is 4.57 Å². The van der Waals surface area contributed by atoms with E-state index in [4.69, 9.17) is 18.5 Å². The summed E-state index contributed by atoms with van der Waals surface area (Å²) in [6.07, 6.45) is 50.1. The molecule has 1 aliphatic rings. The van der Waals surface area contributed by atoms with Gasteiger partial charge in [0.2, 0.25) is 0 Å². The summed E-state index contributed by atoms with van der Waals surface area (Å²) in [4.78, 5) is 23.2. The van der Waals surface area contributed by atoms with Gasteiger partial charge in [0.25, 0.3) is 0 Å². The molecule has 1 aliphatic carbocycles. The molecule has 13 heteroatoms. The molecular formula is C55H91O12P. The molecular weight excluding hydrogens is 884 g/mol. The molecule has 12 nitrogen and oxygen atoms in total. The van der Waals surface area contributed by atoms with E-state index >= 15 is 0 Å². The number of phosphoric acid groups is 1. The minimum absolute atomic E-state index is 0.102. The average Bonchev–Trinajstić information content (AvgIpc) is 3.32. The van der Waals surface area contributed by atoms with E-state index in [2.05, 4.69) is 123 Å². The van der Waals surface area contributed by atoms with Crippen molar-refractivity contribution in [3.63, 3.8) is 0 Å². The number of carbonyl (C=O) groups is 1. The summed E-state index contributed by atoms with van der Waals surface area (Å²) in [5.74, 6) is -0.515. The van der Waals surface area contributed by atoms with Crippen LogP contribution in [0.5, 0.6) is 0 Å². The molecule has 6 atom stereocenters. The summed E-state index contributed by atoms with van der Waals surface area (Å²) in [7, 11) is -5.04. The van der Waals surface area contributed by atoms with Crippen LogP contribution in [0.4, 0.5) is 0 Å². The van der Waals surface area contributed by atoms with Crippen LogP contribution in [0.2, 0.25) is 0 Å². The molecule has 0 aromatic rings. The lowest BCUT2D eigenvalue weighted by Crippen LogP contribution is -2.64. The average molecular weight is 975 g/mol. The Labute approximate surface area is 410 Å².